The lowest BCUT2D eigenvalue weighted by molar-refractivity contribution is -0.136. The second-order valence-corrected chi connectivity index (χ2v) is 3.70. The van der Waals surface area contributed by atoms with E-state index in [1.165, 1.54) is 11.8 Å². The maximum absolute atomic E-state index is 10.5. The summed E-state index contributed by atoms with van der Waals surface area (Å²) in [4.78, 5) is 15.2. The smallest absolute Gasteiger partial charge is 0.316 e. The second kappa shape index (κ2) is 4.11. The molecule has 1 aromatic heterocycles. The van der Waals surface area contributed by atoms with Crippen LogP contribution in [0.4, 0.5) is 0 Å². The Bertz CT molecular complexity index is 263. The van der Waals surface area contributed by atoms with E-state index in [4.69, 9.17) is 5.11 Å². The Morgan fingerprint density at radius 1 is 1.75 bits per heavy atom. The fraction of sp³-hybridized carbons (Fsp3) is 0.250. The standard InChI is InChI=1S/C8H9NO2S/c1-6(8(10)11)12-7-3-2-4-9-5-7/h2-6H,1H3,(H,10,11). The van der Waals surface area contributed by atoms with Crippen molar-refractivity contribution >= 4 is 17.7 Å². The Labute approximate surface area is 74.8 Å². The first-order valence-electron chi connectivity index (χ1n) is 3.49. The van der Waals surface area contributed by atoms with Crippen LogP contribution in [0.3, 0.4) is 0 Å². The summed E-state index contributed by atoms with van der Waals surface area (Å²) in [6, 6.07) is 3.63. The number of nitrogens with zero attached hydrogens (tertiary/aromatic N) is 1. The minimum Gasteiger partial charge on any atom is -0.480 e. The number of carboxylic acid groups (broad SMARTS) is 1. The summed E-state index contributed by atoms with van der Waals surface area (Å²) < 4.78 is 0. The van der Waals surface area contributed by atoms with Crippen LogP contribution in [0.25, 0.3) is 0 Å². The molecule has 0 aliphatic carbocycles. The lowest BCUT2D eigenvalue weighted by Crippen LogP contribution is -2.10. The van der Waals surface area contributed by atoms with Gasteiger partial charge in [-0.3, -0.25) is 9.78 Å². The van der Waals surface area contributed by atoms with Gasteiger partial charge in [0.05, 0.1) is 0 Å². The average molecular weight is 183 g/mol. The van der Waals surface area contributed by atoms with Gasteiger partial charge in [-0.2, -0.15) is 0 Å². The number of hydrogen-bond donors (Lipinski definition) is 1. The van der Waals surface area contributed by atoms with Crippen molar-refractivity contribution in [1.82, 2.24) is 4.98 Å². The molecular formula is C8H9NO2S. The zero-order valence-electron chi connectivity index (χ0n) is 6.60. The number of rotatable bonds is 3. The molecule has 1 rings (SSSR count). The monoisotopic (exact) mass is 183 g/mol. The van der Waals surface area contributed by atoms with Crippen LogP contribution in [0.2, 0.25) is 0 Å². The highest BCUT2D eigenvalue weighted by atomic mass is 32.2. The molecule has 0 aliphatic rings. The summed E-state index contributed by atoms with van der Waals surface area (Å²) in [5.41, 5.74) is 0. The Morgan fingerprint density at radius 2 is 2.50 bits per heavy atom. The molecular weight excluding hydrogens is 174 g/mol. The molecule has 0 amide bonds. The molecule has 3 nitrogen and oxygen atoms in total. The Balaban J connectivity index is 2.58. The normalized spacial score (nSPS) is 12.4. The Kier molecular flexibility index (Phi) is 3.10. The highest BCUT2D eigenvalue weighted by Gasteiger charge is 2.11. The van der Waals surface area contributed by atoms with Gasteiger partial charge in [-0.15, -0.1) is 11.8 Å². The van der Waals surface area contributed by atoms with E-state index in [9.17, 15) is 4.79 Å². The van der Waals surface area contributed by atoms with Crippen LogP contribution < -0.4 is 0 Å². The largest absolute Gasteiger partial charge is 0.480 e. The average Bonchev–Trinajstić information content (AvgIpc) is 2.06. The van der Waals surface area contributed by atoms with Crippen molar-refractivity contribution in [2.75, 3.05) is 0 Å². The molecule has 0 aromatic carbocycles. The van der Waals surface area contributed by atoms with E-state index in [0.29, 0.717) is 0 Å². The molecule has 0 saturated heterocycles. The second-order valence-electron chi connectivity index (χ2n) is 2.29. The van der Waals surface area contributed by atoms with Gasteiger partial charge >= 0.3 is 5.97 Å². The molecule has 1 heterocycles. The van der Waals surface area contributed by atoms with E-state index in [0.717, 1.165) is 4.90 Å². The van der Waals surface area contributed by atoms with Gasteiger partial charge in [0.15, 0.2) is 0 Å². The van der Waals surface area contributed by atoms with Crippen molar-refractivity contribution in [2.24, 2.45) is 0 Å². The molecule has 64 valence electrons. The van der Waals surface area contributed by atoms with Gasteiger partial charge in [0.25, 0.3) is 0 Å². The molecule has 4 heteroatoms. The van der Waals surface area contributed by atoms with Crippen molar-refractivity contribution in [1.29, 1.82) is 0 Å². The minimum absolute atomic E-state index is 0.422. The van der Waals surface area contributed by atoms with E-state index in [1.54, 1.807) is 25.4 Å². The van der Waals surface area contributed by atoms with Crippen LogP contribution in [-0.2, 0) is 4.79 Å². The van der Waals surface area contributed by atoms with E-state index in [2.05, 4.69) is 4.98 Å². The molecule has 0 aliphatic heterocycles. The maximum atomic E-state index is 10.5. The number of hydrogen-bond acceptors (Lipinski definition) is 3. The molecule has 1 N–H and O–H groups in total. The van der Waals surface area contributed by atoms with E-state index >= 15 is 0 Å². The number of aliphatic carboxylic acids is 1. The van der Waals surface area contributed by atoms with Gasteiger partial charge < -0.3 is 5.11 Å². The van der Waals surface area contributed by atoms with Gasteiger partial charge in [0, 0.05) is 17.3 Å². The lowest BCUT2D eigenvalue weighted by atomic mass is 10.5. The fourth-order valence-electron chi connectivity index (χ4n) is 0.671. The third-order valence-corrected chi connectivity index (χ3v) is 2.36. The van der Waals surface area contributed by atoms with Crippen LogP contribution in [0, 0.1) is 0 Å². The summed E-state index contributed by atoms with van der Waals surface area (Å²) in [7, 11) is 0. The zero-order chi connectivity index (χ0) is 8.97. The van der Waals surface area contributed by atoms with Crippen LogP contribution in [0.1, 0.15) is 6.92 Å². The first kappa shape index (κ1) is 9.06. The van der Waals surface area contributed by atoms with Gasteiger partial charge in [-0.1, -0.05) is 0 Å². The molecule has 0 fully saturated rings. The van der Waals surface area contributed by atoms with Gasteiger partial charge in [-0.05, 0) is 19.1 Å². The summed E-state index contributed by atoms with van der Waals surface area (Å²) in [6.45, 7) is 1.65. The minimum atomic E-state index is -0.802. The van der Waals surface area contributed by atoms with Crippen molar-refractivity contribution < 1.29 is 9.90 Å². The molecule has 12 heavy (non-hydrogen) atoms. The number of carboxylic acids is 1. The molecule has 0 spiro atoms. The first-order chi connectivity index (χ1) is 5.70. The predicted octanol–water partition coefficient (Wildman–Crippen LogP) is 1.65. The SMILES string of the molecule is CC(Sc1cccnc1)C(=O)O. The van der Waals surface area contributed by atoms with Crippen molar-refractivity contribution in [3.8, 4) is 0 Å². The highest BCUT2D eigenvalue weighted by Crippen LogP contribution is 2.21. The van der Waals surface area contributed by atoms with Gasteiger partial charge in [-0.25, -0.2) is 0 Å². The zero-order valence-corrected chi connectivity index (χ0v) is 7.41. The van der Waals surface area contributed by atoms with Crippen LogP contribution >= 0.6 is 11.8 Å². The van der Waals surface area contributed by atoms with Crippen molar-refractivity contribution in [3.05, 3.63) is 24.5 Å². The Hall–Kier alpha value is -1.03. The number of carbonyl (C=O) groups is 1. The van der Waals surface area contributed by atoms with E-state index in [-0.39, 0.29) is 0 Å². The lowest BCUT2D eigenvalue weighted by Gasteiger charge is -2.03. The molecule has 0 bridgehead atoms. The number of aromatic nitrogens is 1. The predicted molar refractivity (Wildman–Crippen MR) is 47.2 cm³/mol. The third-order valence-electron chi connectivity index (χ3n) is 1.30. The van der Waals surface area contributed by atoms with Gasteiger partial charge in [0.2, 0.25) is 0 Å². The third kappa shape index (κ3) is 2.54. The number of pyridine rings is 1. The summed E-state index contributed by atoms with van der Waals surface area (Å²) in [5.74, 6) is -0.802. The van der Waals surface area contributed by atoms with Crippen molar-refractivity contribution in [3.63, 3.8) is 0 Å². The highest BCUT2D eigenvalue weighted by molar-refractivity contribution is 8.00. The fourth-order valence-corrected chi connectivity index (χ4v) is 1.46. The molecule has 0 radical (unpaired) electrons. The quantitative estimate of drug-likeness (QED) is 0.724. The maximum Gasteiger partial charge on any atom is 0.316 e. The molecule has 0 saturated carbocycles. The Morgan fingerprint density at radius 3 is 3.00 bits per heavy atom. The van der Waals surface area contributed by atoms with E-state index < -0.39 is 11.2 Å². The summed E-state index contributed by atoms with van der Waals surface area (Å²) >= 11 is 1.29. The molecule has 1 unspecified atom stereocenters. The topological polar surface area (TPSA) is 50.2 Å². The van der Waals surface area contributed by atoms with Crippen LogP contribution in [0.5, 0.6) is 0 Å². The molecule has 1 aromatic rings. The van der Waals surface area contributed by atoms with Crippen LogP contribution in [0.15, 0.2) is 29.4 Å². The summed E-state index contributed by atoms with van der Waals surface area (Å²) in [6.07, 6.45) is 3.32. The number of thioether (sulfide) groups is 1. The van der Waals surface area contributed by atoms with Gasteiger partial charge in [0.1, 0.15) is 5.25 Å². The van der Waals surface area contributed by atoms with E-state index in [1.807, 2.05) is 6.07 Å². The van der Waals surface area contributed by atoms with Crippen molar-refractivity contribution in [2.45, 2.75) is 17.1 Å². The van der Waals surface area contributed by atoms with Crippen LogP contribution in [-0.4, -0.2) is 21.3 Å². The summed E-state index contributed by atoms with van der Waals surface area (Å²) in [5, 5.41) is 8.18. The molecule has 1 atom stereocenters. The first-order valence-corrected chi connectivity index (χ1v) is 4.37.